The van der Waals surface area contributed by atoms with Gasteiger partial charge in [0.2, 0.25) is 0 Å². The summed E-state index contributed by atoms with van der Waals surface area (Å²) in [6.07, 6.45) is 3.61. The number of benzene rings is 4. The van der Waals surface area contributed by atoms with E-state index in [4.69, 9.17) is 0 Å². The average molecular weight is 366 g/mol. The minimum Gasteiger partial charge on any atom is -0.507 e. The third kappa shape index (κ3) is 2.66. The van der Waals surface area contributed by atoms with Crippen LogP contribution in [-0.2, 0) is 0 Å². The summed E-state index contributed by atoms with van der Waals surface area (Å²) in [5.41, 5.74) is 4.86. The van der Waals surface area contributed by atoms with Crippen molar-refractivity contribution >= 4 is 33.7 Å². The maximum Gasteiger partial charge on any atom is 0.127 e. The van der Waals surface area contributed by atoms with Crippen molar-refractivity contribution in [2.24, 2.45) is 0 Å². The smallest absolute Gasteiger partial charge is 0.127 e. The second kappa shape index (κ2) is 6.58. The Morgan fingerprint density at radius 2 is 1.04 bits per heavy atom. The minimum absolute atomic E-state index is 0.189. The maximum atomic E-state index is 11.0. The number of aromatic hydroxyl groups is 2. The van der Waals surface area contributed by atoms with Crippen molar-refractivity contribution in [2.75, 3.05) is 0 Å². The number of phenols is 2. The van der Waals surface area contributed by atoms with Crippen molar-refractivity contribution in [2.45, 2.75) is 13.8 Å². The van der Waals surface area contributed by atoms with Crippen LogP contribution in [-0.4, -0.2) is 10.2 Å². The Balaban J connectivity index is 2.20. The lowest BCUT2D eigenvalue weighted by molar-refractivity contribution is 0.466. The van der Waals surface area contributed by atoms with Gasteiger partial charge in [0.15, 0.2) is 0 Å². The predicted molar refractivity (Wildman–Crippen MR) is 120 cm³/mol. The highest BCUT2D eigenvalue weighted by Crippen LogP contribution is 2.47. The molecule has 0 radical (unpaired) electrons. The SMILES string of the molecule is C=Cc1ccc2c(-c3c(O)c(C)cc4cc(C=C)ccc34)c(O)c(C)cc2c1. The fourth-order valence-electron chi connectivity index (χ4n) is 3.87. The Hall–Kier alpha value is -3.52. The van der Waals surface area contributed by atoms with Gasteiger partial charge in [-0.05, 0) is 81.9 Å². The Kier molecular flexibility index (Phi) is 4.20. The van der Waals surface area contributed by atoms with E-state index in [9.17, 15) is 10.2 Å². The zero-order chi connectivity index (χ0) is 20.0. The van der Waals surface area contributed by atoms with E-state index in [0.717, 1.165) is 43.8 Å². The fraction of sp³-hybridized carbons (Fsp3) is 0.0769. The lowest BCUT2D eigenvalue weighted by atomic mass is 9.88. The molecule has 0 aliphatic rings. The van der Waals surface area contributed by atoms with Crippen LogP contribution in [0.5, 0.6) is 11.5 Å². The van der Waals surface area contributed by atoms with Crippen LogP contribution >= 0.6 is 0 Å². The second-order valence-corrected chi connectivity index (χ2v) is 7.20. The number of rotatable bonds is 3. The van der Waals surface area contributed by atoms with Gasteiger partial charge in [0, 0.05) is 11.1 Å². The molecule has 0 saturated carbocycles. The Labute approximate surface area is 164 Å². The molecule has 0 heterocycles. The van der Waals surface area contributed by atoms with Crippen LogP contribution < -0.4 is 0 Å². The van der Waals surface area contributed by atoms with Crippen molar-refractivity contribution in [1.82, 2.24) is 0 Å². The quantitative estimate of drug-likeness (QED) is 0.411. The van der Waals surface area contributed by atoms with Crippen LogP contribution in [0.1, 0.15) is 22.3 Å². The highest BCUT2D eigenvalue weighted by atomic mass is 16.3. The molecule has 0 spiro atoms. The zero-order valence-corrected chi connectivity index (χ0v) is 16.1. The average Bonchev–Trinajstić information content (AvgIpc) is 2.70. The van der Waals surface area contributed by atoms with Gasteiger partial charge in [0.05, 0.1) is 0 Å². The van der Waals surface area contributed by atoms with Gasteiger partial charge in [0.1, 0.15) is 11.5 Å². The van der Waals surface area contributed by atoms with Gasteiger partial charge in [0.25, 0.3) is 0 Å². The van der Waals surface area contributed by atoms with E-state index in [2.05, 4.69) is 13.2 Å². The van der Waals surface area contributed by atoms with Crippen LogP contribution in [0.3, 0.4) is 0 Å². The topological polar surface area (TPSA) is 40.5 Å². The summed E-state index contributed by atoms with van der Waals surface area (Å²) in [6.45, 7) is 11.4. The molecule has 4 aromatic carbocycles. The molecule has 2 heteroatoms. The van der Waals surface area contributed by atoms with Gasteiger partial charge in [-0.3, -0.25) is 0 Å². The molecule has 0 unspecified atom stereocenters. The van der Waals surface area contributed by atoms with E-state index >= 15 is 0 Å². The minimum atomic E-state index is 0.189. The van der Waals surface area contributed by atoms with Gasteiger partial charge in [-0.1, -0.05) is 49.6 Å². The summed E-state index contributed by atoms with van der Waals surface area (Å²) in [4.78, 5) is 0. The Bertz CT molecular complexity index is 1180. The summed E-state index contributed by atoms with van der Waals surface area (Å²) in [5.74, 6) is 0.378. The van der Waals surface area contributed by atoms with E-state index in [1.54, 1.807) is 12.2 Å². The van der Waals surface area contributed by atoms with Crippen LogP contribution in [0, 0.1) is 13.8 Å². The third-order valence-electron chi connectivity index (χ3n) is 5.38. The first-order chi connectivity index (χ1) is 13.4. The molecule has 0 amide bonds. The monoisotopic (exact) mass is 366 g/mol. The molecule has 4 aromatic rings. The molecule has 0 saturated heterocycles. The van der Waals surface area contributed by atoms with E-state index in [-0.39, 0.29) is 11.5 Å². The molecule has 4 rings (SSSR count). The molecule has 0 bridgehead atoms. The Morgan fingerprint density at radius 3 is 1.39 bits per heavy atom. The normalized spacial score (nSPS) is 11.1. The van der Waals surface area contributed by atoms with Crippen LogP contribution in [0.25, 0.3) is 44.8 Å². The lowest BCUT2D eigenvalue weighted by Gasteiger charge is -2.18. The van der Waals surface area contributed by atoms with Crippen LogP contribution in [0.2, 0.25) is 0 Å². The molecule has 0 fully saturated rings. The van der Waals surface area contributed by atoms with Gasteiger partial charge < -0.3 is 10.2 Å². The van der Waals surface area contributed by atoms with Gasteiger partial charge in [-0.25, -0.2) is 0 Å². The van der Waals surface area contributed by atoms with Crippen LogP contribution in [0.4, 0.5) is 0 Å². The van der Waals surface area contributed by atoms with E-state index in [1.165, 1.54) is 0 Å². The standard InChI is InChI=1S/C26H22O2/c1-5-17-7-9-21-19(13-17)11-15(3)25(27)23(21)24-22-10-8-18(6-2)14-20(22)12-16(4)26(24)28/h5-14,27-28H,1-2H2,3-4H3. The summed E-state index contributed by atoms with van der Waals surface area (Å²) < 4.78 is 0. The van der Waals surface area contributed by atoms with E-state index in [0.29, 0.717) is 11.1 Å². The second-order valence-electron chi connectivity index (χ2n) is 7.20. The van der Waals surface area contributed by atoms with Gasteiger partial charge >= 0.3 is 0 Å². The number of phenolic OH excluding ortho intramolecular Hbond substituents is 2. The largest absolute Gasteiger partial charge is 0.507 e. The van der Waals surface area contributed by atoms with Crippen LogP contribution in [0.15, 0.2) is 61.7 Å². The fourth-order valence-corrected chi connectivity index (χ4v) is 3.87. The molecular formula is C26H22O2. The van der Waals surface area contributed by atoms with Crippen molar-refractivity contribution in [1.29, 1.82) is 0 Å². The molecule has 2 N–H and O–H groups in total. The molecule has 0 aromatic heterocycles. The number of aryl methyl sites for hydroxylation is 2. The summed E-state index contributed by atoms with van der Waals surface area (Å²) in [5, 5.41) is 25.8. The first-order valence-corrected chi connectivity index (χ1v) is 9.22. The van der Waals surface area contributed by atoms with Crippen molar-refractivity contribution in [3.63, 3.8) is 0 Å². The van der Waals surface area contributed by atoms with Crippen molar-refractivity contribution < 1.29 is 10.2 Å². The van der Waals surface area contributed by atoms with E-state index in [1.807, 2.05) is 62.4 Å². The maximum absolute atomic E-state index is 11.0. The Morgan fingerprint density at radius 1 is 0.643 bits per heavy atom. The zero-order valence-electron chi connectivity index (χ0n) is 16.1. The molecular weight excluding hydrogens is 344 g/mol. The molecule has 0 atom stereocenters. The van der Waals surface area contributed by atoms with E-state index < -0.39 is 0 Å². The third-order valence-corrected chi connectivity index (χ3v) is 5.38. The molecule has 28 heavy (non-hydrogen) atoms. The predicted octanol–water partition coefficient (Wildman–Crippen LogP) is 6.97. The highest BCUT2D eigenvalue weighted by Gasteiger charge is 2.20. The number of fused-ring (bicyclic) bond motifs is 2. The molecule has 138 valence electrons. The highest BCUT2D eigenvalue weighted by molar-refractivity contribution is 6.11. The number of hydrogen-bond acceptors (Lipinski definition) is 2. The van der Waals surface area contributed by atoms with Gasteiger partial charge in [-0.2, -0.15) is 0 Å². The molecule has 0 aliphatic heterocycles. The van der Waals surface area contributed by atoms with Gasteiger partial charge in [-0.15, -0.1) is 0 Å². The number of hydrogen-bond donors (Lipinski definition) is 2. The van der Waals surface area contributed by atoms with Crippen molar-refractivity contribution in [3.8, 4) is 22.6 Å². The summed E-state index contributed by atoms with van der Waals surface area (Å²) >= 11 is 0. The summed E-state index contributed by atoms with van der Waals surface area (Å²) in [7, 11) is 0. The summed E-state index contributed by atoms with van der Waals surface area (Å²) in [6, 6.07) is 15.9. The molecule has 2 nitrogen and oxygen atoms in total. The first-order valence-electron chi connectivity index (χ1n) is 9.22. The lowest BCUT2D eigenvalue weighted by Crippen LogP contribution is -1.92. The molecule has 0 aliphatic carbocycles. The van der Waals surface area contributed by atoms with Crippen molar-refractivity contribution in [3.05, 3.63) is 83.9 Å². The first kappa shape index (κ1) is 17.9.